The second-order valence-electron chi connectivity index (χ2n) is 3.69. The van der Waals surface area contributed by atoms with Crippen molar-refractivity contribution in [3.63, 3.8) is 0 Å². The summed E-state index contributed by atoms with van der Waals surface area (Å²) in [6.45, 7) is 0.233. The van der Waals surface area contributed by atoms with Crippen LogP contribution in [0.4, 0.5) is 4.39 Å². The molecular formula is C10H10FN3O2S. The molecule has 1 fully saturated rings. The quantitative estimate of drug-likeness (QED) is 0.786. The number of rotatable bonds is 2. The molecule has 1 atom stereocenters. The average Bonchev–Trinajstić information content (AvgIpc) is 2.78. The molecule has 1 aliphatic rings. The summed E-state index contributed by atoms with van der Waals surface area (Å²) >= 11 is 0. The lowest BCUT2D eigenvalue weighted by Crippen LogP contribution is -2.35. The zero-order valence-electron chi connectivity index (χ0n) is 8.88. The van der Waals surface area contributed by atoms with E-state index in [0.29, 0.717) is 12.8 Å². The van der Waals surface area contributed by atoms with Gasteiger partial charge in [-0.2, -0.15) is 9.57 Å². The first-order valence-electron chi connectivity index (χ1n) is 5.09. The molecule has 2 heterocycles. The third kappa shape index (κ3) is 2.01. The molecule has 5 nitrogen and oxygen atoms in total. The Morgan fingerprint density at radius 1 is 1.59 bits per heavy atom. The SMILES string of the molecule is N#CC1CCCN1S(=O)(=O)c1ncccc1F. The van der Waals surface area contributed by atoms with Crippen LogP contribution < -0.4 is 0 Å². The molecule has 0 aliphatic carbocycles. The summed E-state index contributed by atoms with van der Waals surface area (Å²) in [5, 5.41) is 8.24. The minimum atomic E-state index is -4.01. The largest absolute Gasteiger partial charge is 0.264 e. The van der Waals surface area contributed by atoms with Crippen LogP contribution in [0.15, 0.2) is 23.4 Å². The molecule has 90 valence electrons. The van der Waals surface area contributed by atoms with Crippen LogP contribution in [0.25, 0.3) is 0 Å². The molecule has 1 aromatic rings. The molecule has 0 N–H and O–H groups in total. The van der Waals surface area contributed by atoms with Crippen molar-refractivity contribution in [3.8, 4) is 6.07 Å². The van der Waals surface area contributed by atoms with Gasteiger partial charge < -0.3 is 0 Å². The molecule has 7 heteroatoms. The van der Waals surface area contributed by atoms with Gasteiger partial charge in [0, 0.05) is 12.7 Å². The predicted octanol–water partition coefficient (Wildman–Crippen LogP) is 0.897. The highest BCUT2D eigenvalue weighted by Crippen LogP contribution is 2.25. The number of nitrogens with zero attached hydrogens (tertiary/aromatic N) is 3. The van der Waals surface area contributed by atoms with E-state index in [1.54, 1.807) is 0 Å². The van der Waals surface area contributed by atoms with Gasteiger partial charge in [-0.05, 0) is 25.0 Å². The van der Waals surface area contributed by atoms with E-state index in [1.165, 1.54) is 12.3 Å². The molecule has 1 unspecified atom stereocenters. The third-order valence-electron chi connectivity index (χ3n) is 2.63. The first kappa shape index (κ1) is 12.0. The fourth-order valence-electron chi connectivity index (χ4n) is 1.83. The van der Waals surface area contributed by atoms with Crippen LogP contribution in [-0.4, -0.2) is 30.3 Å². The van der Waals surface area contributed by atoms with Crippen LogP contribution in [0.1, 0.15) is 12.8 Å². The molecule has 0 amide bonds. The fourth-order valence-corrected chi connectivity index (χ4v) is 3.42. The van der Waals surface area contributed by atoms with E-state index < -0.39 is 26.9 Å². The molecule has 0 saturated carbocycles. The number of aromatic nitrogens is 1. The van der Waals surface area contributed by atoms with Crippen LogP contribution in [0.2, 0.25) is 0 Å². The normalized spacial score (nSPS) is 21.3. The van der Waals surface area contributed by atoms with Gasteiger partial charge in [0.1, 0.15) is 6.04 Å². The second-order valence-corrected chi connectivity index (χ2v) is 5.50. The zero-order chi connectivity index (χ0) is 12.5. The molecule has 2 rings (SSSR count). The van der Waals surface area contributed by atoms with E-state index in [0.717, 1.165) is 10.4 Å². The maximum Gasteiger partial charge on any atom is 0.264 e. The van der Waals surface area contributed by atoms with Crippen LogP contribution in [0, 0.1) is 17.1 Å². The maximum absolute atomic E-state index is 13.4. The van der Waals surface area contributed by atoms with Crippen LogP contribution in [-0.2, 0) is 10.0 Å². The monoisotopic (exact) mass is 255 g/mol. The molecule has 0 spiro atoms. The van der Waals surface area contributed by atoms with Gasteiger partial charge >= 0.3 is 0 Å². The van der Waals surface area contributed by atoms with E-state index in [2.05, 4.69) is 4.98 Å². The number of halogens is 1. The highest BCUT2D eigenvalue weighted by atomic mass is 32.2. The Morgan fingerprint density at radius 2 is 2.35 bits per heavy atom. The fraction of sp³-hybridized carbons (Fsp3) is 0.400. The summed E-state index contributed by atoms with van der Waals surface area (Å²) in [5.74, 6) is -0.893. The maximum atomic E-state index is 13.4. The van der Waals surface area contributed by atoms with Gasteiger partial charge in [-0.1, -0.05) is 0 Å². The minimum Gasteiger partial charge on any atom is -0.241 e. The first-order chi connectivity index (χ1) is 8.07. The Labute approximate surface area is 98.5 Å². The summed E-state index contributed by atoms with van der Waals surface area (Å²) in [6.07, 6.45) is 2.30. The number of pyridine rings is 1. The highest BCUT2D eigenvalue weighted by Gasteiger charge is 2.37. The van der Waals surface area contributed by atoms with Gasteiger partial charge in [-0.15, -0.1) is 0 Å². The lowest BCUT2D eigenvalue weighted by Gasteiger charge is -2.18. The van der Waals surface area contributed by atoms with Crippen molar-refractivity contribution in [2.45, 2.75) is 23.9 Å². The van der Waals surface area contributed by atoms with Crippen molar-refractivity contribution in [2.75, 3.05) is 6.54 Å². The van der Waals surface area contributed by atoms with E-state index in [1.807, 2.05) is 6.07 Å². The van der Waals surface area contributed by atoms with Gasteiger partial charge in [0.15, 0.2) is 5.82 Å². The van der Waals surface area contributed by atoms with E-state index in [-0.39, 0.29) is 6.54 Å². The van der Waals surface area contributed by atoms with Gasteiger partial charge in [-0.25, -0.2) is 17.8 Å². The second kappa shape index (κ2) is 4.39. The molecule has 17 heavy (non-hydrogen) atoms. The van der Waals surface area contributed by atoms with E-state index >= 15 is 0 Å². The number of hydrogen-bond acceptors (Lipinski definition) is 4. The van der Waals surface area contributed by atoms with Gasteiger partial charge in [0.2, 0.25) is 5.03 Å². The van der Waals surface area contributed by atoms with Crippen molar-refractivity contribution in [3.05, 3.63) is 24.1 Å². The summed E-state index contributed by atoms with van der Waals surface area (Å²) in [6, 6.07) is 3.54. The Morgan fingerprint density at radius 3 is 3.00 bits per heavy atom. The lowest BCUT2D eigenvalue weighted by atomic mass is 10.2. The Balaban J connectivity index is 2.45. The smallest absolute Gasteiger partial charge is 0.241 e. The van der Waals surface area contributed by atoms with Crippen LogP contribution in [0.5, 0.6) is 0 Å². The van der Waals surface area contributed by atoms with Crippen molar-refractivity contribution in [2.24, 2.45) is 0 Å². The van der Waals surface area contributed by atoms with Gasteiger partial charge in [0.05, 0.1) is 6.07 Å². The third-order valence-corrected chi connectivity index (χ3v) is 4.47. The summed E-state index contributed by atoms with van der Waals surface area (Å²) in [4.78, 5) is 3.55. The number of hydrogen-bond donors (Lipinski definition) is 0. The molecular weight excluding hydrogens is 245 g/mol. The zero-order valence-corrected chi connectivity index (χ0v) is 9.69. The molecule has 0 bridgehead atoms. The van der Waals surface area contributed by atoms with Crippen LogP contribution >= 0.6 is 0 Å². The predicted molar refractivity (Wildman–Crippen MR) is 56.7 cm³/mol. The summed E-state index contributed by atoms with van der Waals surface area (Å²) < 4.78 is 38.6. The van der Waals surface area contributed by atoms with Crippen molar-refractivity contribution in [1.82, 2.24) is 9.29 Å². The number of nitriles is 1. The first-order valence-corrected chi connectivity index (χ1v) is 6.53. The highest BCUT2D eigenvalue weighted by molar-refractivity contribution is 7.89. The standard InChI is InChI=1S/C10H10FN3O2S/c11-9-4-1-5-13-10(9)17(15,16)14-6-2-3-8(14)7-12/h1,4-5,8H,2-3,6H2. The van der Waals surface area contributed by atoms with E-state index in [4.69, 9.17) is 5.26 Å². The number of sulfonamides is 1. The lowest BCUT2D eigenvalue weighted by molar-refractivity contribution is 0.428. The molecule has 0 aromatic carbocycles. The summed E-state index contributed by atoms with van der Waals surface area (Å²) in [5.41, 5.74) is 0. The van der Waals surface area contributed by atoms with Gasteiger partial charge in [0.25, 0.3) is 10.0 Å². The van der Waals surface area contributed by atoms with E-state index in [9.17, 15) is 12.8 Å². The molecule has 1 saturated heterocycles. The van der Waals surface area contributed by atoms with Crippen molar-refractivity contribution < 1.29 is 12.8 Å². The van der Waals surface area contributed by atoms with Gasteiger partial charge in [-0.3, -0.25) is 0 Å². The van der Waals surface area contributed by atoms with Crippen LogP contribution in [0.3, 0.4) is 0 Å². The van der Waals surface area contributed by atoms with Crippen molar-refractivity contribution >= 4 is 10.0 Å². The molecule has 0 radical (unpaired) electrons. The Hall–Kier alpha value is -1.52. The average molecular weight is 255 g/mol. The summed E-state index contributed by atoms with van der Waals surface area (Å²) in [7, 11) is -4.01. The Kier molecular flexibility index (Phi) is 3.09. The molecule has 1 aromatic heterocycles. The molecule has 1 aliphatic heterocycles. The van der Waals surface area contributed by atoms with Crippen molar-refractivity contribution in [1.29, 1.82) is 5.26 Å². The minimum absolute atomic E-state index is 0.233. The Bertz CT molecular complexity index is 567. The topological polar surface area (TPSA) is 74.1 Å².